The van der Waals surface area contributed by atoms with Crippen LogP contribution in [0.4, 0.5) is 5.69 Å². The second-order valence-corrected chi connectivity index (χ2v) is 7.09. The van der Waals surface area contributed by atoms with Crippen LogP contribution in [0.2, 0.25) is 0 Å². The molecule has 1 fully saturated rings. The van der Waals surface area contributed by atoms with E-state index in [0.29, 0.717) is 17.1 Å². The van der Waals surface area contributed by atoms with Gasteiger partial charge in [0.05, 0.1) is 36.5 Å². The summed E-state index contributed by atoms with van der Waals surface area (Å²) in [4.78, 5) is 37.9. The lowest BCUT2D eigenvalue weighted by Gasteiger charge is -2.24. The highest BCUT2D eigenvalue weighted by molar-refractivity contribution is 6.46. The number of aliphatic hydroxyl groups excluding tert-OH is 1. The van der Waals surface area contributed by atoms with Crippen LogP contribution in [0.5, 0.6) is 5.75 Å². The summed E-state index contributed by atoms with van der Waals surface area (Å²) in [5.74, 6) is -1.27. The molecule has 1 amide bonds. The lowest BCUT2D eigenvalue weighted by molar-refractivity contribution is -0.384. The summed E-state index contributed by atoms with van der Waals surface area (Å²) in [6.45, 7) is -0.0557. The van der Waals surface area contributed by atoms with E-state index in [4.69, 9.17) is 9.15 Å². The first kappa shape index (κ1) is 20.9. The SMILES string of the molecule is COc1cccc(C(O)=C2C(=O)C(=O)N(Cc3ccco3)C2c2cccc([N+](=O)[O-])c2)c1. The number of nitro groups is 1. The number of carbonyl (C=O) groups is 2. The number of amides is 1. The van der Waals surface area contributed by atoms with Gasteiger partial charge < -0.3 is 19.2 Å². The fourth-order valence-corrected chi connectivity index (χ4v) is 3.69. The van der Waals surface area contributed by atoms with Crippen LogP contribution < -0.4 is 4.74 Å². The summed E-state index contributed by atoms with van der Waals surface area (Å²) in [6, 6.07) is 14.3. The number of rotatable bonds is 6. The van der Waals surface area contributed by atoms with Crippen LogP contribution in [0.3, 0.4) is 0 Å². The van der Waals surface area contributed by atoms with E-state index in [0.717, 1.165) is 0 Å². The third kappa shape index (κ3) is 3.71. The Morgan fingerprint density at radius 2 is 1.94 bits per heavy atom. The van der Waals surface area contributed by atoms with E-state index in [1.165, 1.54) is 42.5 Å². The number of benzene rings is 2. The zero-order valence-electron chi connectivity index (χ0n) is 16.9. The molecule has 162 valence electrons. The normalized spacial score (nSPS) is 17.5. The van der Waals surface area contributed by atoms with E-state index < -0.39 is 28.4 Å². The highest BCUT2D eigenvalue weighted by Crippen LogP contribution is 2.41. The quantitative estimate of drug-likeness (QED) is 0.206. The van der Waals surface area contributed by atoms with Crippen LogP contribution in [0.15, 0.2) is 76.9 Å². The molecule has 2 heterocycles. The molecule has 0 saturated carbocycles. The number of aliphatic hydroxyl groups is 1. The molecule has 1 aliphatic rings. The van der Waals surface area contributed by atoms with Crippen molar-refractivity contribution >= 4 is 23.1 Å². The predicted molar refractivity (Wildman–Crippen MR) is 113 cm³/mol. The third-order valence-corrected chi connectivity index (χ3v) is 5.19. The molecule has 3 aromatic rings. The van der Waals surface area contributed by atoms with Crippen LogP contribution in [0.1, 0.15) is 22.9 Å². The minimum absolute atomic E-state index is 0.0557. The fourth-order valence-electron chi connectivity index (χ4n) is 3.69. The zero-order valence-corrected chi connectivity index (χ0v) is 16.9. The van der Waals surface area contributed by atoms with Crippen molar-refractivity contribution in [3.8, 4) is 5.75 Å². The molecule has 1 aromatic heterocycles. The summed E-state index contributed by atoms with van der Waals surface area (Å²) < 4.78 is 10.5. The number of hydrogen-bond donors (Lipinski definition) is 1. The van der Waals surface area contributed by atoms with E-state index in [9.17, 15) is 24.8 Å². The molecular weight excluding hydrogens is 416 g/mol. The Kier molecular flexibility index (Phi) is 5.46. The topological polar surface area (TPSA) is 123 Å². The average Bonchev–Trinajstić information content (AvgIpc) is 3.41. The second-order valence-electron chi connectivity index (χ2n) is 7.09. The minimum Gasteiger partial charge on any atom is -0.507 e. The maximum absolute atomic E-state index is 13.0. The van der Waals surface area contributed by atoms with Gasteiger partial charge in [0.1, 0.15) is 17.3 Å². The van der Waals surface area contributed by atoms with E-state index in [1.807, 2.05) is 0 Å². The van der Waals surface area contributed by atoms with Crippen molar-refractivity contribution in [3.05, 3.63) is 99.5 Å². The molecule has 4 rings (SSSR count). The van der Waals surface area contributed by atoms with Gasteiger partial charge in [-0.2, -0.15) is 0 Å². The molecule has 0 radical (unpaired) electrons. The highest BCUT2D eigenvalue weighted by atomic mass is 16.6. The van der Waals surface area contributed by atoms with Crippen LogP contribution in [-0.2, 0) is 16.1 Å². The summed E-state index contributed by atoms with van der Waals surface area (Å²) >= 11 is 0. The smallest absolute Gasteiger partial charge is 0.296 e. The van der Waals surface area contributed by atoms with Crippen LogP contribution in [0, 0.1) is 10.1 Å². The Bertz CT molecular complexity index is 1230. The molecule has 1 atom stereocenters. The molecule has 32 heavy (non-hydrogen) atoms. The van der Waals surface area contributed by atoms with Crippen LogP contribution >= 0.6 is 0 Å². The zero-order chi connectivity index (χ0) is 22.8. The molecule has 1 saturated heterocycles. The molecule has 0 spiro atoms. The Balaban J connectivity index is 1.90. The fraction of sp³-hybridized carbons (Fsp3) is 0.130. The molecule has 9 heteroatoms. The number of methoxy groups -OCH3 is 1. The maximum Gasteiger partial charge on any atom is 0.296 e. The minimum atomic E-state index is -1.05. The van der Waals surface area contributed by atoms with Crippen LogP contribution in [-0.4, -0.2) is 33.7 Å². The summed E-state index contributed by atoms with van der Waals surface area (Å²) in [7, 11) is 1.46. The van der Waals surface area contributed by atoms with Gasteiger partial charge in [0.25, 0.3) is 17.4 Å². The first-order valence-electron chi connectivity index (χ1n) is 9.60. The summed E-state index contributed by atoms with van der Waals surface area (Å²) in [5.41, 5.74) is 0.216. The molecule has 0 aliphatic carbocycles. The monoisotopic (exact) mass is 434 g/mol. The second kappa shape index (κ2) is 8.38. The molecule has 9 nitrogen and oxygen atoms in total. The van der Waals surface area contributed by atoms with Gasteiger partial charge in [-0.05, 0) is 29.8 Å². The van der Waals surface area contributed by atoms with Gasteiger partial charge in [-0.15, -0.1) is 0 Å². The number of Topliss-reactive ketones (excluding diaryl/α,β-unsaturated/α-hetero) is 1. The van der Waals surface area contributed by atoms with Crippen molar-refractivity contribution in [2.24, 2.45) is 0 Å². The van der Waals surface area contributed by atoms with Gasteiger partial charge in [-0.3, -0.25) is 19.7 Å². The Hall–Kier alpha value is -4.40. The van der Waals surface area contributed by atoms with Crippen molar-refractivity contribution in [1.29, 1.82) is 0 Å². The molecule has 1 aliphatic heterocycles. The van der Waals surface area contributed by atoms with Crippen molar-refractivity contribution in [2.75, 3.05) is 7.11 Å². The summed E-state index contributed by atoms with van der Waals surface area (Å²) in [6.07, 6.45) is 1.44. The average molecular weight is 434 g/mol. The van der Waals surface area contributed by atoms with Crippen molar-refractivity contribution in [3.63, 3.8) is 0 Å². The van der Waals surface area contributed by atoms with Gasteiger partial charge in [0.15, 0.2) is 0 Å². The van der Waals surface area contributed by atoms with Gasteiger partial charge in [-0.1, -0.05) is 24.3 Å². The van der Waals surface area contributed by atoms with Crippen LogP contribution in [0.25, 0.3) is 5.76 Å². The molecule has 1 unspecified atom stereocenters. The van der Waals surface area contributed by atoms with Crippen molar-refractivity contribution < 1.29 is 28.8 Å². The first-order valence-corrected chi connectivity index (χ1v) is 9.60. The number of furan rings is 1. The van der Waals surface area contributed by atoms with Crippen molar-refractivity contribution in [2.45, 2.75) is 12.6 Å². The molecule has 0 bridgehead atoms. The molecule has 1 N–H and O–H groups in total. The summed E-state index contributed by atoms with van der Waals surface area (Å²) in [5, 5.41) is 22.4. The predicted octanol–water partition coefficient (Wildman–Crippen LogP) is 3.82. The van der Waals surface area contributed by atoms with E-state index in [2.05, 4.69) is 0 Å². The number of hydrogen-bond acceptors (Lipinski definition) is 7. The lowest BCUT2D eigenvalue weighted by atomic mass is 9.95. The number of carbonyl (C=O) groups excluding carboxylic acids is 2. The highest BCUT2D eigenvalue weighted by Gasteiger charge is 2.46. The number of nitro benzene ring substituents is 1. The Morgan fingerprint density at radius 1 is 1.16 bits per heavy atom. The van der Waals surface area contributed by atoms with Crippen molar-refractivity contribution in [1.82, 2.24) is 4.90 Å². The number of nitrogens with zero attached hydrogens (tertiary/aromatic N) is 2. The lowest BCUT2D eigenvalue weighted by Crippen LogP contribution is -2.29. The Morgan fingerprint density at radius 3 is 2.62 bits per heavy atom. The van der Waals surface area contributed by atoms with Gasteiger partial charge in [0, 0.05) is 17.7 Å². The number of ketones is 1. The van der Waals surface area contributed by atoms with Gasteiger partial charge in [-0.25, -0.2) is 0 Å². The standard InChI is InChI=1S/C23H18N2O7/c1-31-17-8-3-6-15(12-17)21(26)19-20(14-5-2-7-16(11-14)25(29)30)24(23(28)22(19)27)13-18-9-4-10-32-18/h2-12,20,26H,13H2,1H3. The van der Waals surface area contributed by atoms with Gasteiger partial charge >= 0.3 is 0 Å². The number of ether oxygens (including phenoxy) is 1. The van der Waals surface area contributed by atoms with Gasteiger partial charge in [0.2, 0.25) is 0 Å². The van der Waals surface area contributed by atoms with E-state index >= 15 is 0 Å². The molecule has 2 aromatic carbocycles. The number of non-ortho nitro benzene ring substituents is 1. The van der Waals surface area contributed by atoms with E-state index in [-0.39, 0.29) is 23.4 Å². The largest absolute Gasteiger partial charge is 0.507 e. The first-order chi connectivity index (χ1) is 15.4. The number of likely N-dealkylation sites (tertiary alicyclic amines) is 1. The van der Waals surface area contributed by atoms with E-state index in [1.54, 1.807) is 36.4 Å². The maximum atomic E-state index is 13.0. The Labute approximate surface area is 182 Å². The third-order valence-electron chi connectivity index (χ3n) is 5.19. The molecular formula is C23H18N2O7.